The molecule has 0 amide bonds. The Bertz CT molecular complexity index is 959. The second-order valence-corrected chi connectivity index (χ2v) is 8.21. The van der Waals surface area contributed by atoms with E-state index in [9.17, 15) is 4.79 Å². The van der Waals surface area contributed by atoms with E-state index in [-0.39, 0.29) is 5.92 Å². The SMILES string of the molecule is CCCCCC1=NN(C(C=O)(c2ccccc2)c2ccccc2)CC1c1ccccc1. The fourth-order valence-corrected chi connectivity index (χ4v) is 4.58. The van der Waals surface area contributed by atoms with Gasteiger partial charge in [-0.05, 0) is 29.5 Å². The van der Waals surface area contributed by atoms with Gasteiger partial charge < -0.3 is 0 Å². The Morgan fingerprint density at radius 2 is 1.42 bits per heavy atom. The molecule has 1 heterocycles. The van der Waals surface area contributed by atoms with Gasteiger partial charge in [-0.1, -0.05) is 111 Å². The number of aldehydes is 1. The summed E-state index contributed by atoms with van der Waals surface area (Å²) in [6.07, 6.45) is 5.52. The predicted molar refractivity (Wildman–Crippen MR) is 127 cm³/mol. The lowest BCUT2D eigenvalue weighted by molar-refractivity contribution is -0.116. The molecule has 3 heteroatoms. The third-order valence-electron chi connectivity index (χ3n) is 6.25. The van der Waals surface area contributed by atoms with Crippen LogP contribution in [0, 0.1) is 0 Å². The van der Waals surface area contributed by atoms with Crippen LogP contribution < -0.4 is 0 Å². The van der Waals surface area contributed by atoms with Crippen molar-refractivity contribution in [1.82, 2.24) is 5.01 Å². The van der Waals surface area contributed by atoms with Gasteiger partial charge in [-0.25, -0.2) is 0 Å². The Hall–Kier alpha value is -3.20. The maximum atomic E-state index is 12.9. The van der Waals surface area contributed by atoms with Gasteiger partial charge in [-0.15, -0.1) is 0 Å². The van der Waals surface area contributed by atoms with Crippen LogP contribution in [-0.4, -0.2) is 23.6 Å². The smallest absolute Gasteiger partial charge is 0.163 e. The molecule has 0 N–H and O–H groups in total. The van der Waals surface area contributed by atoms with Crippen molar-refractivity contribution in [2.24, 2.45) is 5.10 Å². The minimum Gasteiger partial charge on any atom is -0.300 e. The van der Waals surface area contributed by atoms with Crippen LogP contribution in [0.5, 0.6) is 0 Å². The zero-order valence-electron chi connectivity index (χ0n) is 18.2. The van der Waals surface area contributed by atoms with Crippen LogP contribution in [0.2, 0.25) is 0 Å². The Morgan fingerprint density at radius 1 is 0.871 bits per heavy atom. The van der Waals surface area contributed by atoms with Crippen molar-refractivity contribution in [2.75, 3.05) is 6.54 Å². The Labute approximate surface area is 185 Å². The molecule has 1 unspecified atom stereocenters. The lowest BCUT2D eigenvalue weighted by atomic mass is 9.82. The monoisotopic (exact) mass is 410 g/mol. The second-order valence-electron chi connectivity index (χ2n) is 8.21. The van der Waals surface area contributed by atoms with E-state index in [4.69, 9.17) is 5.10 Å². The summed E-state index contributed by atoms with van der Waals surface area (Å²) in [6.45, 7) is 2.91. The lowest BCUT2D eigenvalue weighted by Gasteiger charge is -2.37. The molecular weight excluding hydrogens is 380 g/mol. The van der Waals surface area contributed by atoms with Crippen LogP contribution in [-0.2, 0) is 10.3 Å². The van der Waals surface area contributed by atoms with Gasteiger partial charge in [0.05, 0.1) is 6.54 Å². The molecule has 3 nitrogen and oxygen atoms in total. The normalized spacial score (nSPS) is 16.2. The van der Waals surface area contributed by atoms with E-state index < -0.39 is 5.54 Å². The van der Waals surface area contributed by atoms with Crippen molar-refractivity contribution in [2.45, 2.75) is 44.1 Å². The van der Waals surface area contributed by atoms with E-state index in [1.807, 2.05) is 71.7 Å². The number of hydrogen-bond donors (Lipinski definition) is 0. The number of benzene rings is 3. The van der Waals surface area contributed by atoms with E-state index in [2.05, 4.69) is 31.2 Å². The largest absolute Gasteiger partial charge is 0.300 e. The van der Waals surface area contributed by atoms with Gasteiger partial charge in [-0.3, -0.25) is 9.80 Å². The van der Waals surface area contributed by atoms with Crippen molar-refractivity contribution in [3.8, 4) is 0 Å². The van der Waals surface area contributed by atoms with Gasteiger partial charge >= 0.3 is 0 Å². The van der Waals surface area contributed by atoms with Gasteiger partial charge in [0.1, 0.15) is 0 Å². The highest BCUT2D eigenvalue weighted by atomic mass is 16.1. The lowest BCUT2D eigenvalue weighted by Crippen LogP contribution is -2.45. The summed E-state index contributed by atoms with van der Waals surface area (Å²) >= 11 is 0. The zero-order chi connectivity index (χ0) is 21.5. The Balaban J connectivity index is 1.80. The number of hydrogen-bond acceptors (Lipinski definition) is 3. The van der Waals surface area contributed by atoms with Gasteiger partial charge in [0.25, 0.3) is 0 Å². The number of rotatable bonds is 9. The van der Waals surface area contributed by atoms with Gasteiger partial charge in [-0.2, -0.15) is 5.10 Å². The molecule has 1 aliphatic heterocycles. The van der Waals surface area contributed by atoms with Crippen LogP contribution in [0.1, 0.15) is 55.2 Å². The summed E-state index contributed by atoms with van der Waals surface area (Å²) in [5.41, 5.74) is 3.39. The maximum absolute atomic E-state index is 12.9. The molecule has 0 saturated heterocycles. The first-order valence-electron chi connectivity index (χ1n) is 11.3. The molecule has 3 aromatic carbocycles. The summed E-state index contributed by atoms with van der Waals surface area (Å²) in [5.74, 6) is 0.199. The van der Waals surface area contributed by atoms with Crippen LogP contribution >= 0.6 is 0 Å². The number of carbonyl (C=O) groups is 1. The highest BCUT2D eigenvalue weighted by Crippen LogP contribution is 2.40. The van der Waals surface area contributed by atoms with E-state index in [1.54, 1.807) is 0 Å². The predicted octanol–water partition coefficient (Wildman–Crippen LogP) is 6.16. The highest BCUT2D eigenvalue weighted by molar-refractivity contribution is 5.93. The molecule has 0 radical (unpaired) electrons. The van der Waals surface area contributed by atoms with Crippen molar-refractivity contribution in [1.29, 1.82) is 0 Å². The van der Waals surface area contributed by atoms with Crippen molar-refractivity contribution < 1.29 is 4.79 Å². The molecule has 3 aromatic rings. The Kier molecular flexibility index (Phi) is 6.61. The third kappa shape index (κ3) is 4.18. The molecule has 0 fully saturated rings. The highest BCUT2D eigenvalue weighted by Gasteiger charge is 2.44. The van der Waals surface area contributed by atoms with Crippen LogP contribution in [0.4, 0.5) is 0 Å². The third-order valence-corrected chi connectivity index (χ3v) is 6.25. The van der Waals surface area contributed by atoms with Crippen molar-refractivity contribution in [3.63, 3.8) is 0 Å². The van der Waals surface area contributed by atoms with Crippen LogP contribution in [0.3, 0.4) is 0 Å². The topological polar surface area (TPSA) is 32.7 Å². The first-order chi connectivity index (χ1) is 15.3. The van der Waals surface area contributed by atoms with E-state index in [0.29, 0.717) is 6.54 Å². The van der Waals surface area contributed by atoms with Gasteiger partial charge in [0.15, 0.2) is 11.8 Å². The molecule has 0 spiro atoms. The molecule has 0 aliphatic carbocycles. The average molecular weight is 411 g/mol. The molecule has 0 aromatic heterocycles. The van der Waals surface area contributed by atoms with E-state index >= 15 is 0 Å². The molecular formula is C28H30N2O. The quantitative estimate of drug-likeness (QED) is 0.312. The minimum absolute atomic E-state index is 0.199. The summed E-state index contributed by atoms with van der Waals surface area (Å²) < 4.78 is 0. The minimum atomic E-state index is -0.942. The standard InChI is InChI=1S/C28H30N2O/c1-2-3-7-20-27-26(23-14-8-4-9-15-23)21-30(29-27)28(22-31,24-16-10-5-11-17-24)25-18-12-6-13-19-25/h4-6,8-19,22,26H,2-3,7,20-21H2,1H3. The zero-order valence-corrected chi connectivity index (χ0v) is 18.2. The van der Waals surface area contributed by atoms with Gasteiger partial charge in [0, 0.05) is 11.6 Å². The molecule has 0 bridgehead atoms. The van der Waals surface area contributed by atoms with E-state index in [0.717, 1.165) is 30.3 Å². The number of carbonyl (C=O) groups excluding carboxylic acids is 1. The van der Waals surface area contributed by atoms with Crippen molar-refractivity contribution >= 4 is 12.0 Å². The molecule has 31 heavy (non-hydrogen) atoms. The average Bonchev–Trinajstić information content (AvgIpc) is 3.26. The first-order valence-corrected chi connectivity index (χ1v) is 11.3. The Morgan fingerprint density at radius 3 is 1.94 bits per heavy atom. The van der Waals surface area contributed by atoms with Crippen LogP contribution in [0.15, 0.2) is 96.1 Å². The van der Waals surface area contributed by atoms with E-state index in [1.165, 1.54) is 24.1 Å². The number of hydrazone groups is 1. The fraction of sp³-hybridized carbons (Fsp3) is 0.286. The summed E-state index contributed by atoms with van der Waals surface area (Å²) in [7, 11) is 0. The first kappa shape index (κ1) is 21.0. The summed E-state index contributed by atoms with van der Waals surface area (Å²) in [4.78, 5) is 12.9. The van der Waals surface area contributed by atoms with Crippen molar-refractivity contribution in [3.05, 3.63) is 108 Å². The molecule has 158 valence electrons. The summed E-state index contributed by atoms with van der Waals surface area (Å²) in [6, 6.07) is 30.6. The fourth-order valence-electron chi connectivity index (χ4n) is 4.58. The molecule has 0 saturated carbocycles. The second kappa shape index (κ2) is 9.74. The summed E-state index contributed by atoms with van der Waals surface area (Å²) in [5, 5.41) is 7.16. The molecule has 1 aliphatic rings. The van der Waals surface area contributed by atoms with Crippen LogP contribution in [0.25, 0.3) is 0 Å². The molecule has 1 atom stereocenters. The maximum Gasteiger partial charge on any atom is 0.163 e. The number of nitrogens with zero attached hydrogens (tertiary/aromatic N) is 2. The van der Waals surface area contributed by atoms with Gasteiger partial charge in [0.2, 0.25) is 0 Å². The number of unbranched alkanes of at least 4 members (excludes halogenated alkanes) is 2. The molecule has 4 rings (SSSR count).